The van der Waals surface area contributed by atoms with Crippen molar-refractivity contribution in [2.75, 3.05) is 6.54 Å². The van der Waals surface area contributed by atoms with Gasteiger partial charge in [-0.15, -0.1) is 0 Å². The number of hydrogen-bond donors (Lipinski definition) is 1. The summed E-state index contributed by atoms with van der Waals surface area (Å²) in [6.45, 7) is 5.69. The molecule has 1 N–H and O–H groups in total. The molecule has 0 aliphatic carbocycles. The van der Waals surface area contributed by atoms with Gasteiger partial charge in [-0.3, -0.25) is 4.79 Å². The molecule has 0 aromatic carbocycles. The third-order valence-corrected chi connectivity index (χ3v) is 2.51. The quantitative estimate of drug-likeness (QED) is 0.644. The fourth-order valence-corrected chi connectivity index (χ4v) is 1.81. The van der Waals surface area contributed by atoms with Gasteiger partial charge in [0.2, 0.25) is 0 Å². The van der Waals surface area contributed by atoms with Crippen LogP contribution in [0.15, 0.2) is 0 Å². The lowest BCUT2D eigenvalue weighted by Gasteiger charge is -2.22. The Balaban J connectivity index is 2.56. The Morgan fingerprint density at radius 2 is 2.46 bits per heavy atom. The van der Waals surface area contributed by atoms with Gasteiger partial charge in [-0.25, -0.2) is 4.98 Å². The van der Waals surface area contributed by atoms with Crippen LogP contribution in [0.2, 0.25) is 0 Å². The Hall–Kier alpha value is -1.16. The van der Waals surface area contributed by atoms with Crippen LogP contribution in [-0.2, 0) is 6.54 Å². The lowest BCUT2D eigenvalue weighted by Crippen LogP contribution is -2.32. The van der Waals surface area contributed by atoms with E-state index in [0.29, 0.717) is 0 Å². The molecule has 2 heterocycles. The van der Waals surface area contributed by atoms with Crippen molar-refractivity contribution in [2.45, 2.75) is 26.4 Å². The third-order valence-electron chi connectivity index (χ3n) is 2.51. The van der Waals surface area contributed by atoms with Crippen LogP contribution in [0.5, 0.6) is 0 Å². The molecular formula is C9H13N3O. The number of aryl methyl sites for hydroxylation is 1. The minimum Gasteiger partial charge on any atom is -0.323 e. The number of fused-ring (bicyclic) bond motifs is 1. The van der Waals surface area contributed by atoms with Crippen LogP contribution in [-0.4, -0.2) is 22.4 Å². The van der Waals surface area contributed by atoms with E-state index in [1.165, 1.54) is 0 Å². The molecule has 1 aromatic rings. The molecule has 4 nitrogen and oxygen atoms in total. The van der Waals surface area contributed by atoms with Gasteiger partial charge in [0, 0.05) is 13.1 Å². The van der Waals surface area contributed by atoms with Gasteiger partial charge in [0.25, 0.3) is 0 Å². The van der Waals surface area contributed by atoms with Gasteiger partial charge in [0.15, 0.2) is 6.29 Å². The molecule has 0 saturated carbocycles. The molecule has 13 heavy (non-hydrogen) atoms. The first kappa shape index (κ1) is 8.44. The molecule has 2 rings (SSSR count). The normalized spacial score (nSPS) is 21.2. The summed E-state index contributed by atoms with van der Waals surface area (Å²) >= 11 is 0. The first-order chi connectivity index (χ1) is 6.24. The molecule has 0 fully saturated rings. The average molecular weight is 179 g/mol. The largest absolute Gasteiger partial charge is 0.323 e. The molecule has 1 aliphatic rings. The molecule has 1 aromatic heterocycles. The van der Waals surface area contributed by atoms with Gasteiger partial charge >= 0.3 is 0 Å². The van der Waals surface area contributed by atoms with Crippen molar-refractivity contribution in [3.8, 4) is 0 Å². The zero-order chi connectivity index (χ0) is 9.42. The van der Waals surface area contributed by atoms with E-state index < -0.39 is 0 Å². The van der Waals surface area contributed by atoms with Gasteiger partial charge in [-0.2, -0.15) is 0 Å². The molecule has 0 radical (unpaired) electrons. The second-order valence-corrected chi connectivity index (χ2v) is 3.39. The van der Waals surface area contributed by atoms with Gasteiger partial charge in [0.05, 0.1) is 11.7 Å². The van der Waals surface area contributed by atoms with Crippen molar-refractivity contribution >= 4 is 6.29 Å². The summed E-state index contributed by atoms with van der Waals surface area (Å²) in [7, 11) is 0. The van der Waals surface area contributed by atoms with Crippen LogP contribution >= 0.6 is 0 Å². The topological polar surface area (TPSA) is 46.9 Å². The summed E-state index contributed by atoms with van der Waals surface area (Å²) in [5.41, 5.74) is 1.56. The number of aldehydes is 1. The fourth-order valence-electron chi connectivity index (χ4n) is 1.81. The van der Waals surface area contributed by atoms with Crippen LogP contribution in [0.3, 0.4) is 0 Å². The number of rotatable bonds is 1. The lowest BCUT2D eigenvalue weighted by atomic mass is 10.2. The van der Waals surface area contributed by atoms with E-state index in [2.05, 4.69) is 17.2 Å². The van der Waals surface area contributed by atoms with E-state index in [-0.39, 0.29) is 6.04 Å². The van der Waals surface area contributed by atoms with Crippen molar-refractivity contribution in [2.24, 2.45) is 0 Å². The number of hydrogen-bond acceptors (Lipinski definition) is 3. The van der Waals surface area contributed by atoms with E-state index in [9.17, 15) is 4.79 Å². The molecule has 0 bridgehead atoms. The van der Waals surface area contributed by atoms with Gasteiger partial charge in [0.1, 0.15) is 11.5 Å². The van der Waals surface area contributed by atoms with Crippen LogP contribution in [0.25, 0.3) is 0 Å². The molecule has 1 atom stereocenters. The number of carbonyl (C=O) groups excluding carboxylic acids is 1. The van der Waals surface area contributed by atoms with Gasteiger partial charge in [-0.05, 0) is 13.8 Å². The highest BCUT2D eigenvalue weighted by molar-refractivity contribution is 5.74. The highest BCUT2D eigenvalue weighted by Crippen LogP contribution is 2.18. The molecule has 0 spiro atoms. The zero-order valence-electron chi connectivity index (χ0n) is 7.87. The molecule has 1 unspecified atom stereocenters. The number of aromatic nitrogens is 2. The maximum atomic E-state index is 10.8. The molecule has 70 valence electrons. The minimum absolute atomic E-state index is 0.251. The van der Waals surface area contributed by atoms with Crippen LogP contribution < -0.4 is 5.32 Å². The van der Waals surface area contributed by atoms with E-state index in [1.807, 2.05) is 11.5 Å². The molecule has 4 heteroatoms. The highest BCUT2D eigenvalue weighted by atomic mass is 16.1. The first-order valence-electron chi connectivity index (χ1n) is 4.49. The number of carbonyl (C=O) groups is 1. The van der Waals surface area contributed by atoms with Crippen molar-refractivity contribution in [1.82, 2.24) is 14.9 Å². The summed E-state index contributed by atoms with van der Waals surface area (Å²) < 4.78 is 2.00. The maximum absolute atomic E-state index is 10.8. The van der Waals surface area contributed by atoms with Crippen LogP contribution in [0.1, 0.15) is 35.0 Å². The summed E-state index contributed by atoms with van der Waals surface area (Å²) in [4.78, 5) is 15.2. The summed E-state index contributed by atoms with van der Waals surface area (Å²) in [5, 5.41) is 3.30. The SMILES string of the molecule is Cc1nc2n(c1C=O)CCNC2C. The van der Waals surface area contributed by atoms with E-state index >= 15 is 0 Å². The predicted molar refractivity (Wildman–Crippen MR) is 48.8 cm³/mol. The van der Waals surface area contributed by atoms with E-state index in [1.54, 1.807) is 0 Å². The van der Waals surface area contributed by atoms with Crippen molar-refractivity contribution < 1.29 is 4.79 Å². The number of nitrogens with zero attached hydrogens (tertiary/aromatic N) is 2. The Kier molecular flexibility index (Phi) is 1.92. The van der Waals surface area contributed by atoms with Crippen LogP contribution in [0.4, 0.5) is 0 Å². The number of imidazole rings is 1. The molecule has 0 amide bonds. The van der Waals surface area contributed by atoms with E-state index in [4.69, 9.17) is 0 Å². The Morgan fingerprint density at radius 1 is 1.69 bits per heavy atom. The third kappa shape index (κ3) is 1.18. The molecular weight excluding hydrogens is 166 g/mol. The van der Waals surface area contributed by atoms with Gasteiger partial charge < -0.3 is 9.88 Å². The van der Waals surface area contributed by atoms with E-state index in [0.717, 1.165) is 36.6 Å². The Morgan fingerprint density at radius 3 is 3.15 bits per heavy atom. The minimum atomic E-state index is 0.251. The Bertz CT molecular complexity index is 343. The van der Waals surface area contributed by atoms with Crippen molar-refractivity contribution in [3.05, 3.63) is 17.2 Å². The number of nitrogens with one attached hydrogen (secondary N) is 1. The van der Waals surface area contributed by atoms with Gasteiger partial charge in [-0.1, -0.05) is 0 Å². The second-order valence-electron chi connectivity index (χ2n) is 3.39. The predicted octanol–water partition coefficient (Wildman–Crippen LogP) is 0.668. The summed E-state index contributed by atoms with van der Waals surface area (Å²) in [6.07, 6.45) is 0.893. The average Bonchev–Trinajstić information content (AvgIpc) is 2.43. The fraction of sp³-hybridized carbons (Fsp3) is 0.556. The standard InChI is InChI=1S/C9H13N3O/c1-6-8(5-13)12-4-3-10-7(2)9(12)11-6/h5,7,10H,3-4H2,1-2H3. The smallest absolute Gasteiger partial charge is 0.168 e. The van der Waals surface area contributed by atoms with Crippen molar-refractivity contribution in [3.63, 3.8) is 0 Å². The molecule has 0 saturated heterocycles. The zero-order valence-corrected chi connectivity index (χ0v) is 7.87. The second kappa shape index (κ2) is 2.96. The monoisotopic (exact) mass is 179 g/mol. The van der Waals surface area contributed by atoms with Crippen LogP contribution in [0, 0.1) is 6.92 Å². The molecule has 1 aliphatic heterocycles. The Labute approximate surface area is 77.0 Å². The lowest BCUT2D eigenvalue weighted by molar-refractivity contribution is 0.111. The summed E-state index contributed by atoms with van der Waals surface area (Å²) in [5.74, 6) is 0.978. The first-order valence-corrected chi connectivity index (χ1v) is 4.49. The van der Waals surface area contributed by atoms with Crippen molar-refractivity contribution in [1.29, 1.82) is 0 Å². The summed E-state index contributed by atoms with van der Waals surface area (Å²) in [6, 6.07) is 0.251. The highest BCUT2D eigenvalue weighted by Gasteiger charge is 2.21. The maximum Gasteiger partial charge on any atom is 0.168 e.